The molecule has 0 aliphatic rings. The monoisotopic (exact) mass is 311 g/mol. The van der Waals surface area contributed by atoms with Gasteiger partial charge in [0.1, 0.15) is 5.69 Å². The lowest BCUT2D eigenvalue weighted by atomic mass is 10.3. The molecular weight excluding hydrogens is 302 g/mol. The minimum absolute atomic E-state index is 0.100. The number of rotatable bonds is 4. The lowest BCUT2D eigenvalue weighted by molar-refractivity contribution is -0.385. The second-order valence-electron chi connectivity index (χ2n) is 3.90. The Morgan fingerprint density at radius 2 is 2.24 bits per heavy atom. The van der Waals surface area contributed by atoms with Crippen LogP contribution in [0.25, 0.3) is 5.82 Å². The molecule has 2 heterocycles. The van der Waals surface area contributed by atoms with Crippen molar-refractivity contribution < 1.29 is 14.5 Å². The summed E-state index contributed by atoms with van der Waals surface area (Å²) in [6, 6.07) is 0. The van der Waals surface area contributed by atoms with Crippen LogP contribution in [0.1, 0.15) is 23.0 Å². The van der Waals surface area contributed by atoms with Gasteiger partial charge < -0.3 is 4.74 Å². The topological polar surface area (TPSA) is 113 Å². The molecule has 0 aliphatic carbocycles. The third-order valence-corrected chi connectivity index (χ3v) is 2.67. The zero-order valence-electron chi connectivity index (χ0n) is 11.1. The van der Waals surface area contributed by atoms with Gasteiger partial charge in [0.05, 0.1) is 23.3 Å². The Labute approximate surface area is 123 Å². The lowest BCUT2D eigenvalue weighted by Crippen LogP contribution is -2.08. The second-order valence-corrected chi connectivity index (χ2v) is 4.24. The minimum Gasteiger partial charge on any atom is -0.462 e. The van der Waals surface area contributed by atoms with Crippen molar-refractivity contribution in [2.24, 2.45) is 0 Å². The summed E-state index contributed by atoms with van der Waals surface area (Å²) in [6.07, 6.45) is 2.51. The first kappa shape index (κ1) is 14.9. The van der Waals surface area contributed by atoms with Crippen molar-refractivity contribution in [2.75, 3.05) is 6.61 Å². The maximum absolute atomic E-state index is 11.6. The zero-order valence-corrected chi connectivity index (χ0v) is 11.9. The first-order valence-electron chi connectivity index (χ1n) is 5.84. The number of nitrogens with zero attached hydrogens (tertiary/aromatic N) is 5. The van der Waals surface area contributed by atoms with Gasteiger partial charge in [-0.2, -0.15) is 10.1 Å². The molecule has 0 saturated carbocycles. The molecule has 0 amide bonds. The number of nitro groups is 1. The van der Waals surface area contributed by atoms with Crippen LogP contribution >= 0.6 is 11.6 Å². The van der Waals surface area contributed by atoms with Crippen molar-refractivity contribution in [1.82, 2.24) is 19.7 Å². The molecule has 0 N–H and O–H groups in total. The van der Waals surface area contributed by atoms with Crippen LogP contribution in [0.15, 0.2) is 12.4 Å². The van der Waals surface area contributed by atoms with Crippen molar-refractivity contribution in [3.63, 3.8) is 0 Å². The largest absolute Gasteiger partial charge is 0.462 e. The molecule has 0 fully saturated rings. The van der Waals surface area contributed by atoms with E-state index >= 15 is 0 Å². The van der Waals surface area contributed by atoms with Crippen molar-refractivity contribution >= 4 is 23.3 Å². The van der Waals surface area contributed by atoms with E-state index in [4.69, 9.17) is 16.3 Å². The standard InChI is InChI=1S/C11H10ClN5O4/c1-3-21-10(18)7-4-13-16(5-7)9-8(17(19)20)6(2)14-11(12)15-9/h4-5H,3H2,1-2H3. The fraction of sp³-hybridized carbons (Fsp3) is 0.273. The first-order valence-corrected chi connectivity index (χ1v) is 6.22. The highest BCUT2D eigenvalue weighted by atomic mass is 35.5. The summed E-state index contributed by atoms with van der Waals surface area (Å²) >= 11 is 5.72. The van der Waals surface area contributed by atoms with Crippen molar-refractivity contribution in [1.29, 1.82) is 0 Å². The van der Waals surface area contributed by atoms with Crippen molar-refractivity contribution in [3.05, 3.63) is 39.0 Å². The van der Waals surface area contributed by atoms with E-state index in [1.54, 1.807) is 6.92 Å². The van der Waals surface area contributed by atoms with Crippen LogP contribution in [-0.4, -0.2) is 37.2 Å². The molecule has 2 rings (SSSR count). The van der Waals surface area contributed by atoms with E-state index in [2.05, 4.69) is 15.1 Å². The quantitative estimate of drug-likeness (QED) is 0.365. The van der Waals surface area contributed by atoms with E-state index in [9.17, 15) is 14.9 Å². The van der Waals surface area contributed by atoms with E-state index in [-0.39, 0.29) is 34.7 Å². The molecule has 2 aromatic heterocycles. The van der Waals surface area contributed by atoms with Gasteiger partial charge in [0.2, 0.25) is 11.1 Å². The van der Waals surface area contributed by atoms with Crippen LogP contribution in [0.5, 0.6) is 0 Å². The molecular formula is C11H10ClN5O4. The Morgan fingerprint density at radius 3 is 2.86 bits per heavy atom. The van der Waals surface area contributed by atoms with Gasteiger partial charge in [0.25, 0.3) is 0 Å². The average molecular weight is 312 g/mol. The molecule has 10 heteroatoms. The summed E-state index contributed by atoms with van der Waals surface area (Å²) in [4.78, 5) is 29.6. The normalized spacial score (nSPS) is 10.4. The van der Waals surface area contributed by atoms with E-state index in [0.717, 1.165) is 4.68 Å². The zero-order chi connectivity index (χ0) is 15.6. The minimum atomic E-state index is -0.632. The van der Waals surface area contributed by atoms with Gasteiger partial charge in [-0.15, -0.1) is 0 Å². The second kappa shape index (κ2) is 5.83. The molecule has 0 saturated heterocycles. The SMILES string of the molecule is CCOC(=O)c1cnn(-c2nc(Cl)nc(C)c2[N+](=O)[O-])c1. The smallest absolute Gasteiger partial charge is 0.341 e. The van der Waals surface area contributed by atoms with Gasteiger partial charge >= 0.3 is 11.7 Å². The van der Waals surface area contributed by atoms with Gasteiger partial charge in [-0.25, -0.2) is 14.5 Å². The third kappa shape index (κ3) is 2.97. The molecule has 0 spiro atoms. The van der Waals surface area contributed by atoms with Crippen LogP contribution in [-0.2, 0) is 4.74 Å². The molecule has 110 valence electrons. The number of hydrogen-bond acceptors (Lipinski definition) is 7. The maximum Gasteiger partial charge on any atom is 0.341 e. The summed E-state index contributed by atoms with van der Waals surface area (Å²) < 4.78 is 5.91. The number of carbonyl (C=O) groups excluding carboxylic acids is 1. The highest BCUT2D eigenvalue weighted by Crippen LogP contribution is 2.25. The number of hydrogen-bond donors (Lipinski definition) is 0. The van der Waals surface area contributed by atoms with Gasteiger partial charge in [-0.3, -0.25) is 10.1 Å². The van der Waals surface area contributed by atoms with Gasteiger partial charge in [-0.05, 0) is 25.4 Å². The maximum atomic E-state index is 11.6. The molecule has 0 unspecified atom stereocenters. The number of aromatic nitrogens is 4. The van der Waals surface area contributed by atoms with Gasteiger partial charge in [0.15, 0.2) is 0 Å². The molecule has 0 aliphatic heterocycles. The number of esters is 1. The average Bonchev–Trinajstić information content (AvgIpc) is 2.86. The molecule has 9 nitrogen and oxygen atoms in total. The van der Waals surface area contributed by atoms with Crippen LogP contribution in [0.4, 0.5) is 5.69 Å². The lowest BCUT2D eigenvalue weighted by Gasteiger charge is -2.04. The molecule has 21 heavy (non-hydrogen) atoms. The summed E-state index contributed by atoms with van der Waals surface area (Å²) in [5.41, 5.74) is -0.0837. The Morgan fingerprint density at radius 1 is 1.52 bits per heavy atom. The van der Waals surface area contributed by atoms with E-state index in [1.807, 2.05) is 0 Å². The van der Waals surface area contributed by atoms with Crippen LogP contribution in [0.2, 0.25) is 5.28 Å². The third-order valence-electron chi connectivity index (χ3n) is 2.51. The van der Waals surface area contributed by atoms with Crippen LogP contribution in [0.3, 0.4) is 0 Å². The highest BCUT2D eigenvalue weighted by Gasteiger charge is 2.24. The van der Waals surface area contributed by atoms with Gasteiger partial charge in [0, 0.05) is 6.20 Å². The molecule has 0 atom stereocenters. The van der Waals surface area contributed by atoms with E-state index in [0.29, 0.717) is 0 Å². The van der Waals surface area contributed by atoms with Gasteiger partial charge in [-0.1, -0.05) is 0 Å². The predicted octanol–water partition coefficient (Wildman–Crippen LogP) is 1.71. The fourth-order valence-corrected chi connectivity index (χ4v) is 1.86. The number of carbonyl (C=O) groups is 1. The predicted molar refractivity (Wildman–Crippen MR) is 71.5 cm³/mol. The van der Waals surface area contributed by atoms with Crippen LogP contribution < -0.4 is 0 Å². The van der Waals surface area contributed by atoms with Crippen molar-refractivity contribution in [3.8, 4) is 5.82 Å². The molecule has 0 aromatic carbocycles. The van der Waals surface area contributed by atoms with Crippen molar-refractivity contribution in [2.45, 2.75) is 13.8 Å². The molecule has 0 radical (unpaired) electrons. The summed E-state index contributed by atoms with van der Waals surface area (Å²) in [6.45, 7) is 3.31. The van der Waals surface area contributed by atoms with Crippen LogP contribution in [0, 0.1) is 17.0 Å². The Balaban J connectivity index is 2.52. The number of aryl methyl sites for hydroxylation is 1. The Kier molecular flexibility index (Phi) is 4.13. The summed E-state index contributed by atoms with van der Waals surface area (Å²) in [7, 11) is 0. The Hall–Kier alpha value is -2.55. The summed E-state index contributed by atoms with van der Waals surface area (Å²) in [5.74, 6) is -0.698. The number of halogens is 1. The first-order chi connectivity index (χ1) is 9.93. The van der Waals surface area contributed by atoms with E-state index in [1.165, 1.54) is 19.3 Å². The number of ether oxygens (including phenoxy) is 1. The van der Waals surface area contributed by atoms with E-state index < -0.39 is 10.9 Å². The summed E-state index contributed by atoms with van der Waals surface area (Å²) in [5, 5.41) is 14.8. The molecule has 0 bridgehead atoms. The molecule has 2 aromatic rings. The highest BCUT2D eigenvalue weighted by molar-refractivity contribution is 6.28. The fourth-order valence-electron chi connectivity index (χ4n) is 1.65. The Bertz CT molecular complexity index is 715.